The molecule has 0 spiro atoms. The van der Waals surface area contributed by atoms with Crippen LogP contribution in [0.3, 0.4) is 0 Å². The molecule has 1 aromatic carbocycles. The molecule has 0 radical (unpaired) electrons. The highest BCUT2D eigenvalue weighted by Crippen LogP contribution is 2.37. The number of aromatic carboxylic acids is 1. The number of carboxylic acid groups (broad SMARTS) is 1. The van der Waals surface area contributed by atoms with Crippen LogP contribution in [0.5, 0.6) is 0 Å². The zero-order chi connectivity index (χ0) is 15.8. The number of nitrogens with one attached hydrogen (secondary N) is 1. The smallest absolute Gasteiger partial charge is 0.336 e. The molecular weight excluding hydrogens is 292 g/mol. The average Bonchev–Trinajstić information content (AvgIpc) is 2.73. The van der Waals surface area contributed by atoms with Crippen LogP contribution in [0.1, 0.15) is 34.8 Å². The number of carbonyl (C=O) groups is 1. The van der Waals surface area contributed by atoms with E-state index in [4.69, 9.17) is 0 Å². The summed E-state index contributed by atoms with van der Waals surface area (Å²) in [7, 11) is -3.35. The summed E-state index contributed by atoms with van der Waals surface area (Å²) in [6.07, 6.45) is 0.565. The van der Waals surface area contributed by atoms with Crippen molar-refractivity contribution in [2.24, 2.45) is 0 Å². The van der Waals surface area contributed by atoms with Crippen molar-refractivity contribution < 1.29 is 18.3 Å². The monoisotopic (exact) mass is 312 g/mol. The summed E-state index contributed by atoms with van der Waals surface area (Å²) in [5.74, 6) is -0.941. The van der Waals surface area contributed by atoms with E-state index < -0.39 is 16.0 Å². The lowest BCUT2D eigenvalue weighted by Crippen LogP contribution is -2.27. The minimum Gasteiger partial charge on any atom is -0.478 e. The van der Waals surface area contributed by atoms with E-state index in [1.807, 2.05) is 13.8 Å². The number of hydrogen-bond donors (Lipinski definition) is 2. The van der Waals surface area contributed by atoms with Gasteiger partial charge in [0.25, 0.3) is 0 Å². The molecule has 116 valence electrons. The van der Waals surface area contributed by atoms with Gasteiger partial charge < -0.3 is 10.4 Å². The number of anilines is 2. The van der Waals surface area contributed by atoms with Gasteiger partial charge in [0.1, 0.15) is 0 Å². The minimum absolute atomic E-state index is 0.111. The first kappa shape index (κ1) is 15.6. The molecule has 2 N–H and O–H groups in total. The maximum absolute atomic E-state index is 12.2. The Morgan fingerprint density at radius 2 is 2.05 bits per heavy atom. The standard InChI is InChI=1S/C14H20N2O4S/c1-4-15-12-8-11(14(17)18)9(2)13(10(12)3)16-6-5-7-21(16,19)20/h8,15H,4-7H2,1-3H3,(H,17,18). The van der Waals surface area contributed by atoms with Crippen molar-refractivity contribution in [1.82, 2.24) is 0 Å². The van der Waals surface area contributed by atoms with Crippen LogP contribution in [0.2, 0.25) is 0 Å². The molecule has 0 amide bonds. The van der Waals surface area contributed by atoms with Gasteiger partial charge in [0, 0.05) is 18.8 Å². The minimum atomic E-state index is -3.35. The van der Waals surface area contributed by atoms with Crippen LogP contribution in [-0.2, 0) is 10.0 Å². The third kappa shape index (κ3) is 2.70. The van der Waals surface area contributed by atoms with E-state index in [1.54, 1.807) is 13.0 Å². The molecule has 1 aliphatic heterocycles. The van der Waals surface area contributed by atoms with Gasteiger partial charge in [-0.05, 0) is 44.4 Å². The van der Waals surface area contributed by atoms with Crippen molar-refractivity contribution in [2.75, 3.05) is 28.5 Å². The first-order chi connectivity index (χ1) is 9.79. The lowest BCUT2D eigenvalue weighted by atomic mass is 10.00. The molecule has 1 fully saturated rings. The molecule has 6 nitrogen and oxygen atoms in total. The number of carboxylic acids is 1. The van der Waals surface area contributed by atoms with E-state index >= 15 is 0 Å². The quantitative estimate of drug-likeness (QED) is 0.887. The third-order valence-corrected chi connectivity index (χ3v) is 5.59. The fraction of sp³-hybridized carbons (Fsp3) is 0.500. The second kappa shape index (κ2) is 5.55. The van der Waals surface area contributed by atoms with Crippen LogP contribution in [0.25, 0.3) is 0 Å². The van der Waals surface area contributed by atoms with Crippen molar-refractivity contribution in [3.05, 3.63) is 22.8 Å². The highest BCUT2D eigenvalue weighted by molar-refractivity contribution is 7.93. The number of hydrogen-bond acceptors (Lipinski definition) is 4. The number of sulfonamides is 1. The molecule has 0 aromatic heterocycles. The van der Waals surface area contributed by atoms with E-state index in [-0.39, 0.29) is 11.3 Å². The molecule has 1 saturated heterocycles. The maximum Gasteiger partial charge on any atom is 0.336 e. The Bertz CT molecular complexity index is 683. The fourth-order valence-electron chi connectivity index (χ4n) is 2.76. The molecule has 1 aromatic rings. The van der Waals surface area contributed by atoms with Crippen LogP contribution in [-0.4, -0.2) is 38.3 Å². The Kier molecular flexibility index (Phi) is 4.13. The van der Waals surface area contributed by atoms with Crippen molar-refractivity contribution in [3.63, 3.8) is 0 Å². The van der Waals surface area contributed by atoms with Gasteiger partial charge in [-0.15, -0.1) is 0 Å². The second-order valence-corrected chi connectivity index (χ2v) is 7.16. The van der Waals surface area contributed by atoms with Crippen LogP contribution in [0.15, 0.2) is 6.07 Å². The van der Waals surface area contributed by atoms with E-state index in [9.17, 15) is 18.3 Å². The van der Waals surface area contributed by atoms with Gasteiger partial charge in [-0.2, -0.15) is 0 Å². The van der Waals surface area contributed by atoms with E-state index in [1.165, 1.54) is 4.31 Å². The first-order valence-corrected chi connectivity index (χ1v) is 8.52. The molecule has 0 atom stereocenters. The average molecular weight is 312 g/mol. The van der Waals surface area contributed by atoms with Crippen LogP contribution < -0.4 is 9.62 Å². The molecule has 2 rings (SSSR count). The Morgan fingerprint density at radius 1 is 1.38 bits per heavy atom. The summed E-state index contributed by atoms with van der Waals surface area (Å²) in [6, 6.07) is 1.57. The van der Waals surface area contributed by atoms with Gasteiger partial charge in [0.15, 0.2) is 0 Å². The second-order valence-electron chi connectivity index (χ2n) is 5.15. The first-order valence-electron chi connectivity index (χ1n) is 6.91. The van der Waals surface area contributed by atoms with Gasteiger partial charge in [-0.1, -0.05) is 0 Å². The summed E-state index contributed by atoms with van der Waals surface area (Å²) in [5, 5.41) is 12.5. The molecule has 1 heterocycles. The number of benzene rings is 1. The highest BCUT2D eigenvalue weighted by Gasteiger charge is 2.32. The number of rotatable bonds is 4. The Balaban J connectivity index is 2.71. The molecule has 21 heavy (non-hydrogen) atoms. The molecule has 0 saturated carbocycles. The predicted molar refractivity (Wildman–Crippen MR) is 82.8 cm³/mol. The van der Waals surface area contributed by atoms with Gasteiger partial charge >= 0.3 is 5.97 Å². The van der Waals surface area contributed by atoms with Crippen LogP contribution >= 0.6 is 0 Å². The van der Waals surface area contributed by atoms with Crippen molar-refractivity contribution in [3.8, 4) is 0 Å². The zero-order valence-electron chi connectivity index (χ0n) is 12.4. The summed E-state index contributed by atoms with van der Waals surface area (Å²) < 4.78 is 25.7. The molecule has 0 aliphatic carbocycles. The van der Waals surface area contributed by atoms with Crippen molar-refractivity contribution in [2.45, 2.75) is 27.2 Å². The zero-order valence-corrected chi connectivity index (χ0v) is 13.2. The van der Waals surface area contributed by atoms with Crippen molar-refractivity contribution in [1.29, 1.82) is 0 Å². The normalized spacial score (nSPS) is 17.0. The van der Waals surface area contributed by atoms with Crippen molar-refractivity contribution >= 4 is 27.4 Å². The van der Waals surface area contributed by atoms with Gasteiger partial charge in [0.2, 0.25) is 10.0 Å². The Labute approximate surface area is 124 Å². The Hall–Kier alpha value is -1.76. The van der Waals surface area contributed by atoms with E-state index in [0.717, 1.165) is 5.56 Å². The largest absolute Gasteiger partial charge is 0.478 e. The summed E-state index contributed by atoms with van der Waals surface area (Å²) in [6.45, 7) is 6.43. The van der Waals surface area contributed by atoms with Crippen LogP contribution in [0.4, 0.5) is 11.4 Å². The maximum atomic E-state index is 12.2. The fourth-order valence-corrected chi connectivity index (χ4v) is 4.43. The molecule has 0 unspecified atom stereocenters. The van der Waals surface area contributed by atoms with E-state index in [0.29, 0.717) is 36.4 Å². The Morgan fingerprint density at radius 3 is 2.52 bits per heavy atom. The van der Waals surface area contributed by atoms with Gasteiger partial charge in [-0.3, -0.25) is 4.31 Å². The lowest BCUT2D eigenvalue weighted by Gasteiger charge is -2.25. The highest BCUT2D eigenvalue weighted by atomic mass is 32.2. The molecule has 0 bridgehead atoms. The summed E-state index contributed by atoms with van der Waals surface area (Å²) in [4.78, 5) is 11.4. The topological polar surface area (TPSA) is 86.7 Å². The summed E-state index contributed by atoms with van der Waals surface area (Å²) in [5.41, 5.74) is 2.56. The summed E-state index contributed by atoms with van der Waals surface area (Å²) >= 11 is 0. The number of nitrogens with zero attached hydrogens (tertiary/aromatic N) is 1. The van der Waals surface area contributed by atoms with Crippen LogP contribution in [0, 0.1) is 13.8 Å². The SMILES string of the molecule is CCNc1cc(C(=O)O)c(C)c(N2CCCS2(=O)=O)c1C. The van der Waals surface area contributed by atoms with E-state index in [2.05, 4.69) is 5.32 Å². The lowest BCUT2D eigenvalue weighted by molar-refractivity contribution is 0.0696. The third-order valence-electron chi connectivity index (χ3n) is 3.75. The molecule has 1 aliphatic rings. The van der Waals surface area contributed by atoms with Gasteiger partial charge in [-0.25, -0.2) is 13.2 Å². The molecule has 7 heteroatoms. The molecular formula is C14H20N2O4S. The van der Waals surface area contributed by atoms with Gasteiger partial charge in [0.05, 0.1) is 17.0 Å². The predicted octanol–water partition coefficient (Wildman–Crippen LogP) is 1.97.